The summed E-state index contributed by atoms with van der Waals surface area (Å²) in [5, 5.41) is 0. The standard InChI is InChI=1S/C12H22N2O2/c1-16-10-4-6-14(7-5-10)12(15)8-11(13)9-2-3-9/h9-11H,2-8,13H2,1H3. The number of hydrogen-bond acceptors (Lipinski definition) is 3. The Bertz CT molecular complexity index is 245. The molecule has 0 radical (unpaired) electrons. The van der Waals surface area contributed by atoms with Crippen molar-refractivity contribution in [3.63, 3.8) is 0 Å². The summed E-state index contributed by atoms with van der Waals surface area (Å²) in [5.41, 5.74) is 5.97. The molecular weight excluding hydrogens is 204 g/mol. The number of nitrogens with zero attached hydrogens (tertiary/aromatic N) is 1. The number of amides is 1. The highest BCUT2D eigenvalue weighted by Crippen LogP contribution is 2.33. The van der Waals surface area contributed by atoms with Gasteiger partial charge in [0.05, 0.1) is 6.10 Å². The van der Waals surface area contributed by atoms with Crippen LogP contribution in [0, 0.1) is 5.92 Å². The lowest BCUT2D eigenvalue weighted by Crippen LogP contribution is -2.43. The number of nitrogens with two attached hydrogens (primary N) is 1. The molecule has 0 bridgehead atoms. The fourth-order valence-electron chi connectivity index (χ4n) is 2.36. The van der Waals surface area contributed by atoms with Gasteiger partial charge < -0.3 is 15.4 Å². The number of hydrogen-bond donors (Lipinski definition) is 1. The summed E-state index contributed by atoms with van der Waals surface area (Å²) in [7, 11) is 1.74. The third-order valence-electron chi connectivity index (χ3n) is 3.77. The maximum atomic E-state index is 11.9. The summed E-state index contributed by atoms with van der Waals surface area (Å²) in [6, 6.07) is 0.0904. The molecule has 2 rings (SSSR count). The van der Waals surface area contributed by atoms with E-state index in [9.17, 15) is 4.79 Å². The van der Waals surface area contributed by atoms with Gasteiger partial charge >= 0.3 is 0 Å². The Hall–Kier alpha value is -0.610. The van der Waals surface area contributed by atoms with Crippen LogP contribution in [0.1, 0.15) is 32.1 Å². The van der Waals surface area contributed by atoms with Crippen molar-refractivity contribution in [3.05, 3.63) is 0 Å². The van der Waals surface area contributed by atoms with Crippen LogP contribution < -0.4 is 5.73 Å². The van der Waals surface area contributed by atoms with Crippen molar-refractivity contribution in [1.29, 1.82) is 0 Å². The number of likely N-dealkylation sites (tertiary alicyclic amines) is 1. The molecule has 2 aliphatic rings. The first-order chi connectivity index (χ1) is 7.70. The van der Waals surface area contributed by atoms with E-state index in [2.05, 4.69) is 0 Å². The first kappa shape index (κ1) is 11.9. The minimum Gasteiger partial charge on any atom is -0.381 e. The Morgan fingerprint density at radius 2 is 2.00 bits per heavy atom. The summed E-state index contributed by atoms with van der Waals surface area (Å²) >= 11 is 0. The lowest BCUT2D eigenvalue weighted by molar-refractivity contribution is -0.134. The summed E-state index contributed by atoms with van der Waals surface area (Å²) in [5.74, 6) is 0.842. The smallest absolute Gasteiger partial charge is 0.224 e. The van der Waals surface area contributed by atoms with Gasteiger partial charge in [-0.05, 0) is 31.6 Å². The molecule has 1 aliphatic heterocycles. The minimum atomic E-state index is 0.0904. The van der Waals surface area contributed by atoms with E-state index in [4.69, 9.17) is 10.5 Å². The summed E-state index contributed by atoms with van der Waals surface area (Å²) in [6.45, 7) is 1.66. The second-order valence-electron chi connectivity index (χ2n) is 5.02. The Labute approximate surface area is 97.1 Å². The molecule has 1 atom stereocenters. The first-order valence-electron chi connectivity index (χ1n) is 6.27. The molecule has 16 heavy (non-hydrogen) atoms. The van der Waals surface area contributed by atoms with E-state index in [0.29, 0.717) is 18.4 Å². The van der Waals surface area contributed by atoms with Crippen LogP contribution in [0.3, 0.4) is 0 Å². The van der Waals surface area contributed by atoms with Crippen LogP contribution in [-0.4, -0.2) is 43.2 Å². The van der Waals surface area contributed by atoms with Crippen molar-refractivity contribution < 1.29 is 9.53 Å². The van der Waals surface area contributed by atoms with Crippen molar-refractivity contribution in [2.45, 2.75) is 44.2 Å². The molecule has 1 saturated heterocycles. The van der Waals surface area contributed by atoms with Crippen LogP contribution in [0.15, 0.2) is 0 Å². The van der Waals surface area contributed by atoms with Crippen LogP contribution in [0.2, 0.25) is 0 Å². The van der Waals surface area contributed by atoms with E-state index in [1.165, 1.54) is 12.8 Å². The van der Waals surface area contributed by atoms with Crippen LogP contribution in [0.25, 0.3) is 0 Å². The molecule has 92 valence electrons. The van der Waals surface area contributed by atoms with E-state index in [1.807, 2.05) is 4.90 Å². The average Bonchev–Trinajstić information content (AvgIpc) is 3.13. The Morgan fingerprint density at radius 1 is 1.38 bits per heavy atom. The Kier molecular flexibility index (Phi) is 3.82. The molecule has 1 amide bonds. The fourth-order valence-corrected chi connectivity index (χ4v) is 2.36. The third-order valence-corrected chi connectivity index (χ3v) is 3.77. The molecule has 0 aromatic carbocycles. The maximum Gasteiger partial charge on any atom is 0.224 e. The molecule has 1 unspecified atom stereocenters. The largest absolute Gasteiger partial charge is 0.381 e. The van der Waals surface area contributed by atoms with E-state index in [-0.39, 0.29) is 11.9 Å². The number of piperidine rings is 1. The summed E-state index contributed by atoms with van der Waals surface area (Å²) in [6.07, 6.45) is 5.20. The van der Waals surface area contributed by atoms with E-state index >= 15 is 0 Å². The lowest BCUT2D eigenvalue weighted by atomic mass is 10.1. The van der Waals surface area contributed by atoms with Crippen molar-refractivity contribution in [1.82, 2.24) is 4.90 Å². The van der Waals surface area contributed by atoms with Gasteiger partial charge in [0.1, 0.15) is 0 Å². The van der Waals surface area contributed by atoms with Crippen molar-refractivity contribution in [2.75, 3.05) is 20.2 Å². The van der Waals surface area contributed by atoms with E-state index in [1.54, 1.807) is 7.11 Å². The molecule has 1 heterocycles. The molecule has 4 nitrogen and oxygen atoms in total. The highest BCUT2D eigenvalue weighted by atomic mass is 16.5. The van der Waals surface area contributed by atoms with Crippen LogP contribution in [0.4, 0.5) is 0 Å². The Morgan fingerprint density at radius 3 is 2.50 bits per heavy atom. The quantitative estimate of drug-likeness (QED) is 0.769. The number of carbonyl (C=O) groups is 1. The van der Waals surface area contributed by atoms with Gasteiger partial charge in [0, 0.05) is 32.7 Å². The number of carbonyl (C=O) groups excluding carboxylic acids is 1. The van der Waals surface area contributed by atoms with E-state index in [0.717, 1.165) is 25.9 Å². The van der Waals surface area contributed by atoms with Gasteiger partial charge in [-0.2, -0.15) is 0 Å². The van der Waals surface area contributed by atoms with Gasteiger partial charge in [-0.25, -0.2) is 0 Å². The highest BCUT2D eigenvalue weighted by molar-refractivity contribution is 5.77. The zero-order valence-corrected chi connectivity index (χ0v) is 10.0. The van der Waals surface area contributed by atoms with Crippen LogP contribution in [0.5, 0.6) is 0 Å². The SMILES string of the molecule is COC1CCN(C(=O)CC(N)C2CC2)CC1. The molecule has 0 aromatic rings. The van der Waals surface area contributed by atoms with Crippen molar-refractivity contribution in [3.8, 4) is 0 Å². The highest BCUT2D eigenvalue weighted by Gasteiger charge is 2.31. The second-order valence-corrected chi connectivity index (χ2v) is 5.02. The normalized spacial score (nSPS) is 24.5. The molecule has 0 spiro atoms. The number of methoxy groups -OCH3 is 1. The van der Waals surface area contributed by atoms with Gasteiger partial charge in [-0.15, -0.1) is 0 Å². The lowest BCUT2D eigenvalue weighted by Gasteiger charge is -2.32. The predicted octanol–water partition coefficient (Wildman–Crippen LogP) is 0.751. The van der Waals surface area contributed by atoms with Gasteiger partial charge in [-0.3, -0.25) is 4.79 Å². The molecule has 1 aliphatic carbocycles. The monoisotopic (exact) mass is 226 g/mol. The van der Waals surface area contributed by atoms with Crippen molar-refractivity contribution >= 4 is 5.91 Å². The molecule has 1 saturated carbocycles. The second kappa shape index (κ2) is 5.15. The molecule has 4 heteroatoms. The topological polar surface area (TPSA) is 55.6 Å². The maximum absolute atomic E-state index is 11.9. The molecule has 0 aromatic heterocycles. The van der Waals surface area contributed by atoms with Gasteiger partial charge in [-0.1, -0.05) is 0 Å². The number of rotatable bonds is 4. The first-order valence-corrected chi connectivity index (χ1v) is 6.27. The minimum absolute atomic E-state index is 0.0904. The zero-order chi connectivity index (χ0) is 11.5. The van der Waals surface area contributed by atoms with Crippen LogP contribution >= 0.6 is 0 Å². The summed E-state index contributed by atoms with van der Waals surface area (Å²) < 4.78 is 5.29. The molecule has 2 fully saturated rings. The van der Waals surface area contributed by atoms with Crippen molar-refractivity contribution in [2.24, 2.45) is 11.7 Å². The van der Waals surface area contributed by atoms with Gasteiger partial charge in [0.15, 0.2) is 0 Å². The zero-order valence-electron chi connectivity index (χ0n) is 10.0. The molecular formula is C12H22N2O2. The average molecular weight is 226 g/mol. The van der Waals surface area contributed by atoms with Gasteiger partial charge in [0.25, 0.3) is 0 Å². The number of ether oxygens (including phenoxy) is 1. The fraction of sp³-hybridized carbons (Fsp3) is 0.917. The third kappa shape index (κ3) is 2.95. The van der Waals surface area contributed by atoms with E-state index < -0.39 is 0 Å². The predicted molar refractivity (Wildman–Crippen MR) is 61.9 cm³/mol. The molecule has 2 N–H and O–H groups in total. The van der Waals surface area contributed by atoms with Crippen LogP contribution in [-0.2, 0) is 9.53 Å². The summed E-state index contributed by atoms with van der Waals surface area (Å²) in [4.78, 5) is 13.9. The Balaban J connectivity index is 1.73. The van der Waals surface area contributed by atoms with Gasteiger partial charge in [0.2, 0.25) is 5.91 Å².